The van der Waals surface area contributed by atoms with Gasteiger partial charge in [0.25, 0.3) is 5.91 Å². The fourth-order valence-electron chi connectivity index (χ4n) is 2.48. The Bertz CT molecular complexity index is 746. The van der Waals surface area contributed by atoms with Crippen LogP contribution in [0.2, 0.25) is 0 Å². The largest absolute Gasteiger partial charge is 0.482 e. The Hall–Kier alpha value is -3.02. The van der Waals surface area contributed by atoms with Gasteiger partial charge in [-0.15, -0.1) is 0 Å². The molecular weight excluding hydrogens is 310 g/mol. The van der Waals surface area contributed by atoms with E-state index in [1.54, 1.807) is 55.5 Å². The van der Waals surface area contributed by atoms with Gasteiger partial charge in [0.15, 0.2) is 11.5 Å². The number of rotatable bonds is 4. The summed E-state index contributed by atoms with van der Waals surface area (Å²) in [4.78, 5) is 24.1. The quantitative estimate of drug-likeness (QED) is 0.868. The first-order valence-electron chi connectivity index (χ1n) is 7.53. The smallest absolute Gasteiger partial charge is 0.352 e. The van der Waals surface area contributed by atoms with Crippen LogP contribution in [-0.2, 0) is 14.3 Å². The lowest BCUT2D eigenvalue weighted by Gasteiger charge is -2.31. The molecule has 0 radical (unpaired) electrons. The molecule has 1 aliphatic heterocycles. The molecule has 0 aliphatic carbocycles. The Kier molecular flexibility index (Phi) is 4.37. The topological polar surface area (TPSA) is 87.8 Å². The van der Waals surface area contributed by atoms with Gasteiger partial charge in [-0.05, 0) is 19.1 Å². The highest BCUT2D eigenvalue weighted by atomic mass is 16.6. The number of carbonyl (C=O) groups excluding carboxylic acids is 2. The zero-order chi connectivity index (χ0) is 17.1. The number of benzene rings is 2. The second-order valence-electron chi connectivity index (χ2n) is 5.44. The zero-order valence-corrected chi connectivity index (χ0v) is 13.0. The molecule has 0 spiro atoms. The third kappa shape index (κ3) is 3.17. The highest BCUT2D eigenvalue weighted by Crippen LogP contribution is 2.34. The van der Waals surface area contributed by atoms with E-state index in [9.17, 15) is 9.59 Å². The van der Waals surface area contributed by atoms with Gasteiger partial charge in [0.2, 0.25) is 12.2 Å². The third-order valence-corrected chi connectivity index (χ3v) is 3.67. The molecule has 1 amide bonds. The second kappa shape index (κ2) is 6.62. The lowest BCUT2D eigenvalue weighted by atomic mass is 10.1. The van der Waals surface area contributed by atoms with Crippen LogP contribution in [-0.4, -0.2) is 24.1 Å². The van der Waals surface area contributed by atoms with Gasteiger partial charge >= 0.3 is 5.97 Å². The Morgan fingerprint density at radius 2 is 1.58 bits per heavy atom. The van der Waals surface area contributed by atoms with Gasteiger partial charge in [0.1, 0.15) is 6.10 Å². The molecule has 124 valence electrons. The average Bonchev–Trinajstić information content (AvgIpc) is 2.59. The summed E-state index contributed by atoms with van der Waals surface area (Å²) in [5.41, 5.74) is 5.87. The Balaban J connectivity index is 1.77. The van der Waals surface area contributed by atoms with E-state index in [-0.39, 0.29) is 0 Å². The van der Waals surface area contributed by atoms with Crippen LogP contribution in [0.5, 0.6) is 11.5 Å². The number of amides is 1. The van der Waals surface area contributed by atoms with Crippen LogP contribution in [0.1, 0.15) is 18.6 Å². The number of esters is 1. The van der Waals surface area contributed by atoms with Gasteiger partial charge in [0.05, 0.1) is 0 Å². The Morgan fingerprint density at radius 3 is 2.21 bits per heavy atom. The Morgan fingerprint density at radius 1 is 1.00 bits per heavy atom. The lowest BCUT2D eigenvalue weighted by Crippen LogP contribution is -2.45. The molecule has 1 aliphatic rings. The highest BCUT2D eigenvalue weighted by molar-refractivity contribution is 5.85. The van der Waals surface area contributed by atoms with Gasteiger partial charge in [-0.2, -0.15) is 0 Å². The van der Waals surface area contributed by atoms with Gasteiger partial charge in [-0.25, -0.2) is 4.79 Å². The van der Waals surface area contributed by atoms with Crippen LogP contribution >= 0.6 is 0 Å². The maximum atomic E-state index is 12.5. The first-order valence-corrected chi connectivity index (χ1v) is 7.53. The normalized spacial score (nSPS) is 20.0. The van der Waals surface area contributed by atoms with Crippen molar-refractivity contribution in [1.29, 1.82) is 0 Å². The van der Waals surface area contributed by atoms with Gasteiger partial charge in [0, 0.05) is 5.56 Å². The van der Waals surface area contributed by atoms with Crippen LogP contribution < -0.4 is 15.2 Å². The maximum Gasteiger partial charge on any atom is 0.352 e. The van der Waals surface area contributed by atoms with E-state index in [1.807, 2.05) is 6.07 Å². The van der Waals surface area contributed by atoms with E-state index in [1.165, 1.54) is 0 Å². The Labute approximate surface area is 139 Å². The van der Waals surface area contributed by atoms with Crippen molar-refractivity contribution in [2.75, 3.05) is 0 Å². The van der Waals surface area contributed by atoms with Crippen LogP contribution in [0.3, 0.4) is 0 Å². The standard InChI is InChI=1S/C18H17NO5/c1-11-15(23-14-10-6-5-9-13(14)22-11)18(21)24-16(17(19)20)12-7-3-2-4-8-12/h2-11,15-16H,1H3,(H2,19,20)/t11-,15+,16-/m0/s1. The first-order chi connectivity index (χ1) is 11.6. The summed E-state index contributed by atoms with van der Waals surface area (Å²) in [5.74, 6) is -0.444. The molecule has 0 saturated heterocycles. The molecule has 0 bridgehead atoms. The predicted molar refractivity (Wildman–Crippen MR) is 85.4 cm³/mol. The van der Waals surface area contributed by atoms with Crippen LogP contribution in [0.4, 0.5) is 0 Å². The fourth-order valence-corrected chi connectivity index (χ4v) is 2.48. The number of primary amides is 1. The average molecular weight is 327 g/mol. The summed E-state index contributed by atoms with van der Waals surface area (Å²) in [6.45, 7) is 1.70. The summed E-state index contributed by atoms with van der Waals surface area (Å²) in [7, 11) is 0. The van der Waals surface area contributed by atoms with Crippen LogP contribution in [0, 0.1) is 0 Å². The molecule has 2 aromatic rings. The molecule has 2 N–H and O–H groups in total. The van der Waals surface area contributed by atoms with Crippen molar-refractivity contribution < 1.29 is 23.8 Å². The molecule has 3 rings (SSSR count). The molecule has 0 aromatic heterocycles. The van der Waals surface area contributed by atoms with E-state index in [0.717, 1.165) is 0 Å². The number of para-hydroxylation sites is 2. The summed E-state index contributed by atoms with van der Waals surface area (Å²) in [6, 6.07) is 15.6. The maximum absolute atomic E-state index is 12.5. The molecule has 24 heavy (non-hydrogen) atoms. The SMILES string of the molecule is C[C@@H]1Oc2ccccc2O[C@H]1C(=O)O[C@H](C(N)=O)c1ccccc1. The number of carbonyl (C=O) groups is 2. The van der Waals surface area contributed by atoms with Crippen molar-refractivity contribution >= 4 is 11.9 Å². The fraction of sp³-hybridized carbons (Fsp3) is 0.222. The van der Waals surface area contributed by atoms with E-state index >= 15 is 0 Å². The van der Waals surface area contributed by atoms with Crippen LogP contribution in [0.25, 0.3) is 0 Å². The van der Waals surface area contributed by atoms with E-state index in [0.29, 0.717) is 17.1 Å². The van der Waals surface area contributed by atoms with E-state index < -0.39 is 30.2 Å². The molecule has 0 fully saturated rings. The zero-order valence-electron chi connectivity index (χ0n) is 13.0. The van der Waals surface area contributed by atoms with E-state index in [2.05, 4.69) is 0 Å². The molecular formula is C18H17NO5. The molecule has 0 unspecified atom stereocenters. The molecule has 6 heteroatoms. The number of ether oxygens (including phenoxy) is 3. The lowest BCUT2D eigenvalue weighted by molar-refractivity contribution is -0.167. The van der Waals surface area contributed by atoms with Crippen molar-refractivity contribution in [1.82, 2.24) is 0 Å². The predicted octanol–water partition coefficient (Wildman–Crippen LogP) is 1.98. The van der Waals surface area contributed by atoms with Crippen molar-refractivity contribution in [3.05, 3.63) is 60.2 Å². The van der Waals surface area contributed by atoms with Gasteiger partial charge in [-0.3, -0.25) is 4.79 Å². The number of hydrogen-bond acceptors (Lipinski definition) is 5. The first kappa shape index (κ1) is 15.9. The molecule has 0 saturated carbocycles. The van der Waals surface area contributed by atoms with Crippen molar-refractivity contribution in [3.8, 4) is 11.5 Å². The van der Waals surface area contributed by atoms with Crippen LogP contribution in [0.15, 0.2) is 54.6 Å². The second-order valence-corrected chi connectivity index (χ2v) is 5.44. The summed E-state index contributed by atoms with van der Waals surface area (Å²) in [6.07, 6.45) is -2.71. The number of nitrogens with two attached hydrogens (primary N) is 1. The van der Waals surface area contributed by atoms with Crippen molar-refractivity contribution in [2.45, 2.75) is 25.2 Å². The molecule has 1 heterocycles. The number of hydrogen-bond donors (Lipinski definition) is 1. The monoisotopic (exact) mass is 327 g/mol. The third-order valence-electron chi connectivity index (χ3n) is 3.67. The number of fused-ring (bicyclic) bond motifs is 1. The van der Waals surface area contributed by atoms with E-state index in [4.69, 9.17) is 19.9 Å². The minimum absolute atomic E-state index is 0.452. The summed E-state index contributed by atoms with van der Waals surface area (Å²) in [5, 5.41) is 0. The summed E-state index contributed by atoms with van der Waals surface area (Å²) < 4.78 is 16.6. The molecule has 2 aromatic carbocycles. The minimum atomic E-state index is -1.17. The molecule has 6 nitrogen and oxygen atoms in total. The minimum Gasteiger partial charge on any atom is -0.482 e. The van der Waals surface area contributed by atoms with Crippen molar-refractivity contribution in [2.24, 2.45) is 5.73 Å². The molecule has 3 atom stereocenters. The van der Waals surface area contributed by atoms with Gasteiger partial charge in [-0.1, -0.05) is 42.5 Å². The highest BCUT2D eigenvalue weighted by Gasteiger charge is 2.37. The summed E-state index contributed by atoms with van der Waals surface area (Å²) >= 11 is 0. The van der Waals surface area contributed by atoms with Crippen molar-refractivity contribution in [3.63, 3.8) is 0 Å². The van der Waals surface area contributed by atoms with Gasteiger partial charge < -0.3 is 19.9 Å².